The van der Waals surface area contributed by atoms with E-state index in [4.69, 9.17) is 25.8 Å². The molecule has 35 heavy (non-hydrogen) atoms. The van der Waals surface area contributed by atoms with E-state index < -0.39 is 0 Å². The summed E-state index contributed by atoms with van der Waals surface area (Å²) in [4.78, 5) is 18.3. The summed E-state index contributed by atoms with van der Waals surface area (Å²) < 4.78 is 19.7. The molecule has 0 aliphatic carbocycles. The van der Waals surface area contributed by atoms with Crippen LogP contribution in [0.25, 0.3) is 22.1 Å². The molecule has 0 atom stereocenters. The Morgan fingerprint density at radius 3 is 2.66 bits per heavy atom. The van der Waals surface area contributed by atoms with E-state index in [1.54, 1.807) is 4.40 Å². The van der Waals surface area contributed by atoms with E-state index in [0.717, 1.165) is 27.9 Å². The predicted molar refractivity (Wildman–Crippen MR) is 140 cm³/mol. The zero-order valence-corrected chi connectivity index (χ0v) is 20.9. The number of halogens is 1. The van der Waals surface area contributed by atoms with Crippen LogP contribution in [0.1, 0.15) is 18.1 Å². The van der Waals surface area contributed by atoms with Crippen LogP contribution in [-0.4, -0.2) is 29.2 Å². The Morgan fingerprint density at radius 1 is 1.00 bits per heavy atom. The van der Waals surface area contributed by atoms with E-state index in [2.05, 4.69) is 4.98 Å². The van der Waals surface area contributed by atoms with Crippen LogP contribution in [0.2, 0.25) is 5.02 Å². The van der Waals surface area contributed by atoms with Gasteiger partial charge in [-0.2, -0.15) is 0 Å². The molecule has 6 nitrogen and oxygen atoms in total. The van der Waals surface area contributed by atoms with Crippen LogP contribution in [0.5, 0.6) is 17.2 Å². The molecular weight excluding hydrogens is 484 g/mol. The van der Waals surface area contributed by atoms with Gasteiger partial charge < -0.3 is 14.2 Å². The number of rotatable bonds is 8. The van der Waals surface area contributed by atoms with Gasteiger partial charge in [0, 0.05) is 5.02 Å². The van der Waals surface area contributed by atoms with E-state index in [1.807, 2.05) is 80.6 Å². The Bertz CT molecular complexity index is 1630. The summed E-state index contributed by atoms with van der Waals surface area (Å²) in [6, 6.07) is 18.8. The third kappa shape index (κ3) is 4.83. The minimum Gasteiger partial charge on any atom is -0.490 e. The predicted octanol–water partition coefficient (Wildman–Crippen LogP) is 5.28. The van der Waals surface area contributed by atoms with Gasteiger partial charge in [0.05, 0.1) is 22.2 Å². The Morgan fingerprint density at radius 2 is 1.83 bits per heavy atom. The third-order valence-electron chi connectivity index (χ3n) is 5.45. The second-order valence-electron chi connectivity index (χ2n) is 7.88. The van der Waals surface area contributed by atoms with Crippen molar-refractivity contribution < 1.29 is 14.2 Å². The lowest BCUT2D eigenvalue weighted by molar-refractivity contribution is 0.208. The van der Waals surface area contributed by atoms with Gasteiger partial charge >= 0.3 is 0 Å². The smallest absolute Gasteiger partial charge is 0.274 e. The molecule has 0 spiro atoms. The van der Waals surface area contributed by atoms with E-state index in [0.29, 0.717) is 45.8 Å². The van der Waals surface area contributed by atoms with Gasteiger partial charge in [-0.05, 0) is 73.5 Å². The lowest BCUT2D eigenvalue weighted by atomic mass is 10.2. The summed E-state index contributed by atoms with van der Waals surface area (Å²) in [6.07, 6.45) is 1.86. The molecule has 2 heterocycles. The third-order valence-corrected chi connectivity index (χ3v) is 6.84. The van der Waals surface area contributed by atoms with E-state index in [9.17, 15) is 4.79 Å². The summed E-state index contributed by atoms with van der Waals surface area (Å²) in [5, 5.41) is 0.709. The molecule has 3 aromatic carbocycles. The Hall–Kier alpha value is -3.55. The molecule has 0 unspecified atom stereocenters. The van der Waals surface area contributed by atoms with Gasteiger partial charge in [-0.3, -0.25) is 4.79 Å². The fraction of sp³-hybridized carbons (Fsp3) is 0.185. The highest BCUT2D eigenvalue weighted by Gasteiger charge is 2.11. The molecule has 0 saturated carbocycles. The normalized spacial score (nSPS) is 11.9. The van der Waals surface area contributed by atoms with Crippen molar-refractivity contribution in [1.82, 2.24) is 9.38 Å². The van der Waals surface area contributed by atoms with E-state index in [1.165, 1.54) is 11.3 Å². The number of para-hydroxylation sites is 2. The minimum atomic E-state index is -0.0772. The minimum absolute atomic E-state index is 0.0772. The number of ether oxygens (including phenoxy) is 3. The molecule has 5 rings (SSSR count). The highest BCUT2D eigenvalue weighted by atomic mass is 35.5. The molecule has 5 aromatic rings. The molecule has 0 aliphatic rings. The number of thiazole rings is 1. The fourth-order valence-corrected chi connectivity index (χ4v) is 4.89. The zero-order chi connectivity index (χ0) is 24.4. The van der Waals surface area contributed by atoms with Crippen molar-refractivity contribution >= 4 is 45.0 Å². The van der Waals surface area contributed by atoms with Gasteiger partial charge in [-0.15, -0.1) is 0 Å². The van der Waals surface area contributed by atoms with Gasteiger partial charge in [0.15, 0.2) is 16.5 Å². The van der Waals surface area contributed by atoms with Crippen LogP contribution in [0, 0.1) is 6.92 Å². The first-order valence-electron chi connectivity index (χ1n) is 11.2. The van der Waals surface area contributed by atoms with Crippen LogP contribution in [-0.2, 0) is 0 Å². The molecule has 0 saturated heterocycles. The molecule has 8 heteroatoms. The van der Waals surface area contributed by atoms with Crippen molar-refractivity contribution in [3.8, 4) is 17.2 Å². The van der Waals surface area contributed by atoms with Gasteiger partial charge in [0.1, 0.15) is 19.0 Å². The highest BCUT2D eigenvalue weighted by Crippen LogP contribution is 2.29. The van der Waals surface area contributed by atoms with Crippen molar-refractivity contribution in [1.29, 1.82) is 0 Å². The quantitative estimate of drug-likeness (QED) is 0.268. The summed E-state index contributed by atoms with van der Waals surface area (Å²) in [6.45, 7) is 5.08. The number of hydrogen-bond acceptors (Lipinski definition) is 6. The van der Waals surface area contributed by atoms with Crippen molar-refractivity contribution in [3.05, 3.63) is 91.7 Å². The largest absolute Gasteiger partial charge is 0.490 e. The van der Waals surface area contributed by atoms with Crippen LogP contribution < -0.4 is 24.3 Å². The number of hydrogen-bond donors (Lipinski definition) is 0. The zero-order valence-electron chi connectivity index (χ0n) is 19.3. The van der Waals surface area contributed by atoms with Crippen molar-refractivity contribution in [2.75, 3.05) is 19.8 Å². The monoisotopic (exact) mass is 506 g/mol. The van der Waals surface area contributed by atoms with E-state index >= 15 is 0 Å². The van der Waals surface area contributed by atoms with Crippen molar-refractivity contribution in [3.63, 3.8) is 0 Å². The standard InChI is InChI=1S/C27H23ClN2O4S/c1-3-32-24-15-18(8-11-23(24)34-13-12-33-19-9-10-20(28)17(2)14-19)16-25-26(31)30-22-7-5-4-6-21(22)29-27(30)35-25/h4-11,14-16H,3,12-13H2,1-2H3. The Kier molecular flexibility index (Phi) is 6.61. The molecule has 0 radical (unpaired) electrons. The van der Waals surface area contributed by atoms with Crippen LogP contribution in [0.3, 0.4) is 0 Å². The van der Waals surface area contributed by atoms with Gasteiger partial charge in [-0.25, -0.2) is 9.38 Å². The van der Waals surface area contributed by atoms with Gasteiger partial charge in [-0.1, -0.05) is 41.1 Å². The first-order chi connectivity index (χ1) is 17.0. The number of fused-ring (bicyclic) bond motifs is 3. The lowest BCUT2D eigenvalue weighted by Gasteiger charge is -2.13. The SMILES string of the molecule is CCOc1cc(C=c2sc3nc4ccccc4n3c2=O)ccc1OCCOc1ccc(Cl)c(C)c1. The first kappa shape index (κ1) is 23.2. The van der Waals surface area contributed by atoms with E-state index in [-0.39, 0.29) is 5.56 Å². The van der Waals surface area contributed by atoms with Crippen LogP contribution >= 0.6 is 22.9 Å². The maximum absolute atomic E-state index is 13.0. The summed E-state index contributed by atoms with van der Waals surface area (Å²) in [7, 11) is 0. The van der Waals surface area contributed by atoms with Crippen LogP contribution in [0.4, 0.5) is 0 Å². The van der Waals surface area contributed by atoms with Crippen LogP contribution in [0.15, 0.2) is 65.5 Å². The topological polar surface area (TPSA) is 62.1 Å². The van der Waals surface area contributed by atoms with Gasteiger partial charge in [0.25, 0.3) is 5.56 Å². The van der Waals surface area contributed by atoms with Crippen molar-refractivity contribution in [2.45, 2.75) is 13.8 Å². The summed E-state index contributed by atoms with van der Waals surface area (Å²) >= 11 is 7.43. The number of benzene rings is 3. The summed E-state index contributed by atoms with van der Waals surface area (Å²) in [5.74, 6) is 1.98. The number of nitrogens with zero attached hydrogens (tertiary/aromatic N) is 2. The average Bonchev–Trinajstić information content (AvgIpc) is 3.36. The fourth-order valence-electron chi connectivity index (χ4n) is 3.78. The Balaban J connectivity index is 1.34. The molecule has 178 valence electrons. The van der Waals surface area contributed by atoms with Crippen molar-refractivity contribution in [2.24, 2.45) is 0 Å². The lowest BCUT2D eigenvalue weighted by Crippen LogP contribution is -2.22. The number of imidazole rings is 1. The maximum Gasteiger partial charge on any atom is 0.274 e. The van der Waals surface area contributed by atoms with Gasteiger partial charge in [0.2, 0.25) is 0 Å². The number of aryl methyl sites for hydroxylation is 1. The maximum atomic E-state index is 13.0. The molecule has 0 fully saturated rings. The second kappa shape index (κ2) is 9.98. The molecule has 2 aromatic heterocycles. The Labute approximate surface area is 211 Å². The molecule has 0 N–H and O–H groups in total. The second-order valence-corrected chi connectivity index (χ2v) is 9.30. The first-order valence-corrected chi connectivity index (χ1v) is 12.4. The molecule has 0 aliphatic heterocycles. The molecule has 0 amide bonds. The molecule has 0 bridgehead atoms. The highest BCUT2D eigenvalue weighted by molar-refractivity contribution is 7.15. The summed E-state index contributed by atoms with van der Waals surface area (Å²) in [5.41, 5.74) is 3.37. The number of aromatic nitrogens is 2. The molecular formula is C27H23ClN2O4S. The average molecular weight is 507 g/mol.